The van der Waals surface area contributed by atoms with Crippen LogP contribution < -0.4 is 0 Å². The van der Waals surface area contributed by atoms with Gasteiger partial charge in [0.05, 0.1) is 0 Å². The Kier molecular flexibility index (Phi) is 3.51. The van der Waals surface area contributed by atoms with Crippen molar-refractivity contribution in [3.05, 3.63) is 47.5 Å². The third kappa shape index (κ3) is 3.31. The van der Waals surface area contributed by atoms with Crippen LogP contribution in [0.3, 0.4) is 0 Å². The third-order valence-corrected chi connectivity index (χ3v) is 3.00. The fraction of sp³-hybridized carbons (Fsp3) is 0.200. The summed E-state index contributed by atoms with van der Waals surface area (Å²) in [6.07, 6.45) is 0.574. The van der Waals surface area contributed by atoms with Gasteiger partial charge in [0, 0.05) is 12.1 Å². The Bertz CT molecular complexity index is 552. The molecule has 1 atom stereocenters. The highest BCUT2D eigenvalue weighted by atomic mass is 16.3. The fourth-order valence-corrected chi connectivity index (χ4v) is 2.15. The number of phenols is 4. The normalized spacial score (nSPS) is 12.3. The SMILES string of the molecule is CC(Cc1cc(O)cc(O)c1)c1cc(O)cc(O)c1. The molecule has 1 unspecified atom stereocenters. The molecule has 2 aromatic carbocycles. The maximum atomic E-state index is 9.46. The van der Waals surface area contributed by atoms with Crippen molar-refractivity contribution in [2.45, 2.75) is 19.3 Å². The molecule has 0 aliphatic heterocycles. The van der Waals surface area contributed by atoms with E-state index in [1.807, 2.05) is 6.92 Å². The summed E-state index contributed by atoms with van der Waals surface area (Å²) in [4.78, 5) is 0. The van der Waals surface area contributed by atoms with Gasteiger partial charge in [0.15, 0.2) is 0 Å². The van der Waals surface area contributed by atoms with Crippen molar-refractivity contribution in [3.63, 3.8) is 0 Å². The molecule has 4 heteroatoms. The Morgan fingerprint density at radius 3 is 1.63 bits per heavy atom. The molecule has 0 aliphatic rings. The predicted octanol–water partition coefficient (Wildman–Crippen LogP) is 2.86. The minimum atomic E-state index is 0.0145. The molecule has 0 aliphatic carbocycles. The molecule has 4 nitrogen and oxygen atoms in total. The molecule has 4 N–H and O–H groups in total. The van der Waals surface area contributed by atoms with Crippen LogP contribution in [0.4, 0.5) is 0 Å². The maximum Gasteiger partial charge on any atom is 0.119 e. The molecule has 19 heavy (non-hydrogen) atoms. The van der Waals surface area contributed by atoms with Crippen LogP contribution in [0.15, 0.2) is 36.4 Å². The van der Waals surface area contributed by atoms with Crippen molar-refractivity contribution in [1.29, 1.82) is 0 Å². The second kappa shape index (κ2) is 5.10. The highest BCUT2D eigenvalue weighted by Crippen LogP contribution is 2.30. The van der Waals surface area contributed by atoms with Gasteiger partial charge in [0.25, 0.3) is 0 Å². The van der Waals surface area contributed by atoms with E-state index in [0.29, 0.717) is 6.42 Å². The van der Waals surface area contributed by atoms with Crippen molar-refractivity contribution >= 4 is 0 Å². The molecule has 0 heterocycles. The molecular formula is C15H16O4. The molecule has 0 radical (unpaired) electrons. The molecule has 2 rings (SSSR count). The van der Waals surface area contributed by atoms with Crippen LogP contribution in [0, 0.1) is 0 Å². The van der Waals surface area contributed by atoms with Gasteiger partial charge >= 0.3 is 0 Å². The average Bonchev–Trinajstić information content (AvgIpc) is 2.25. The lowest BCUT2D eigenvalue weighted by Gasteiger charge is -2.13. The fourth-order valence-electron chi connectivity index (χ4n) is 2.15. The van der Waals surface area contributed by atoms with Crippen molar-refractivity contribution in [2.75, 3.05) is 0 Å². The minimum Gasteiger partial charge on any atom is -0.508 e. The topological polar surface area (TPSA) is 80.9 Å². The van der Waals surface area contributed by atoms with E-state index >= 15 is 0 Å². The first-order chi connectivity index (χ1) is 8.94. The zero-order valence-corrected chi connectivity index (χ0v) is 10.5. The monoisotopic (exact) mass is 260 g/mol. The molecule has 0 aromatic heterocycles. The second-order valence-electron chi connectivity index (χ2n) is 4.75. The van der Waals surface area contributed by atoms with Crippen molar-refractivity contribution in [2.24, 2.45) is 0 Å². The van der Waals surface area contributed by atoms with Crippen LogP contribution in [0.2, 0.25) is 0 Å². The van der Waals surface area contributed by atoms with Gasteiger partial charge in [-0.3, -0.25) is 0 Å². The molecular weight excluding hydrogens is 244 g/mol. The van der Waals surface area contributed by atoms with E-state index in [9.17, 15) is 20.4 Å². The van der Waals surface area contributed by atoms with Crippen molar-refractivity contribution in [1.82, 2.24) is 0 Å². The van der Waals surface area contributed by atoms with Crippen LogP contribution in [0.1, 0.15) is 24.0 Å². The zero-order chi connectivity index (χ0) is 14.0. The van der Waals surface area contributed by atoms with Crippen LogP contribution in [0.5, 0.6) is 23.0 Å². The molecule has 0 fully saturated rings. The number of benzene rings is 2. The Morgan fingerprint density at radius 1 is 0.737 bits per heavy atom. The third-order valence-electron chi connectivity index (χ3n) is 3.00. The van der Waals surface area contributed by atoms with E-state index in [2.05, 4.69) is 0 Å². The van der Waals surface area contributed by atoms with Gasteiger partial charge in [-0.2, -0.15) is 0 Å². The quantitative estimate of drug-likeness (QED) is 0.684. The van der Waals surface area contributed by atoms with Gasteiger partial charge in [0.1, 0.15) is 23.0 Å². The molecule has 0 bridgehead atoms. The molecule has 0 saturated carbocycles. The van der Waals surface area contributed by atoms with Crippen LogP contribution in [0.25, 0.3) is 0 Å². The van der Waals surface area contributed by atoms with Gasteiger partial charge < -0.3 is 20.4 Å². The first-order valence-corrected chi connectivity index (χ1v) is 5.99. The average molecular weight is 260 g/mol. The van der Waals surface area contributed by atoms with E-state index < -0.39 is 0 Å². The highest BCUT2D eigenvalue weighted by molar-refractivity contribution is 5.40. The van der Waals surface area contributed by atoms with Crippen molar-refractivity contribution < 1.29 is 20.4 Å². The Balaban J connectivity index is 2.22. The summed E-state index contributed by atoms with van der Waals surface area (Å²) < 4.78 is 0. The Hall–Kier alpha value is -2.36. The lowest BCUT2D eigenvalue weighted by molar-refractivity contribution is 0.445. The second-order valence-corrected chi connectivity index (χ2v) is 4.75. The Labute approximate surface area is 111 Å². The summed E-state index contributed by atoms with van der Waals surface area (Å²) in [5, 5.41) is 37.8. The number of phenolic OH excluding ortho intramolecular Hbond substituents is 4. The summed E-state index contributed by atoms with van der Waals surface area (Å²) in [7, 11) is 0. The van der Waals surface area contributed by atoms with Gasteiger partial charge in [-0.05, 0) is 47.7 Å². The number of hydrogen-bond acceptors (Lipinski definition) is 4. The van der Waals surface area contributed by atoms with Crippen molar-refractivity contribution in [3.8, 4) is 23.0 Å². The molecule has 2 aromatic rings. The number of hydrogen-bond donors (Lipinski definition) is 4. The smallest absolute Gasteiger partial charge is 0.119 e. The van der Waals surface area contributed by atoms with Crippen LogP contribution in [-0.4, -0.2) is 20.4 Å². The first-order valence-electron chi connectivity index (χ1n) is 5.99. The summed E-state index contributed by atoms with van der Waals surface area (Å²) in [5.41, 5.74) is 1.58. The maximum absolute atomic E-state index is 9.46. The lowest BCUT2D eigenvalue weighted by atomic mass is 9.93. The van der Waals surface area contributed by atoms with E-state index in [4.69, 9.17) is 0 Å². The molecule has 0 amide bonds. The molecule has 0 spiro atoms. The minimum absolute atomic E-state index is 0.0145. The summed E-state index contributed by atoms with van der Waals surface area (Å²) in [5.74, 6) is 0.0855. The first kappa shape index (κ1) is 13.1. The largest absolute Gasteiger partial charge is 0.508 e. The molecule has 0 saturated heterocycles. The number of aromatic hydroxyl groups is 4. The van der Waals surface area contributed by atoms with E-state index in [1.54, 1.807) is 24.3 Å². The standard InChI is InChI=1S/C15H16O4/c1-9(11-5-14(18)8-15(19)6-11)2-10-3-12(16)7-13(17)4-10/h3-9,16-19H,2H2,1H3. The molecule has 100 valence electrons. The summed E-state index contributed by atoms with van der Waals surface area (Å²) in [6.45, 7) is 1.94. The van der Waals surface area contributed by atoms with E-state index in [1.165, 1.54) is 12.1 Å². The van der Waals surface area contributed by atoms with Crippen LogP contribution in [-0.2, 0) is 6.42 Å². The van der Waals surface area contributed by atoms with Gasteiger partial charge in [0.2, 0.25) is 0 Å². The van der Waals surface area contributed by atoms with Crippen LogP contribution >= 0.6 is 0 Å². The number of rotatable bonds is 3. The zero-order valence-electron chi connectivity index (χ0n) is 10.5. The van der Waals surface area contributed by atoms with Gasteiger partial charge in [-0.1, -0.05) is 6.92 Å². The van der Waals surface area contributed by atoms with Gasteiger partial charge in [-0.15, -0.1) is 0 Å². The van der Waals surface area contributed by atoms with E-state index in [-0.39, 0.29) is 28.9 Å². The predicted molar refractivity (Wildman–Crippen MR) is 71.7 cm³/mol. The highest BCUT2D eigenvalue weighted by Gasteiger charge is 2.10. The lowest BCUT2D eigenvalue weighted by Crippen LogP contribution is -1.98. The Morgan fingerprint density at radius 2 is 1.16 bits per heavy atom. The van der Waals surface area contributed by atoms with E-state index in [0.717, 1.165) is 11.1 Å². The summed E-state index contributed by atoms with van der Waals surface area (Å²) in [6, 6.07) is 8.89. The summed E-state index contributed by atoms with van der Waals surface area (Å²) >= 11 is 0. The van der Waals surface area contributed by atoms with Gasteiger partial charge in [-0.25, -0.2) is 0 Å².